The molecule has 112 valence electrons. The second-order valence-corrected chi connectivity index (χ2v) is 5.01. The van der Waals surface area contributed by atoms with E-state index in [2.05, 4.69) is 10.1 Å². The topological polar surface area (TPSA) is 68.4 Å². The monoisotopic (exact) mass is 316 g/mol. The highest BCUT2D eigenvalue weighted by molar-refractivity contribution is 6.29. The maximum absolute atomic E-state index is 9.17. The second-order valence-electron chi connectivity index (χ2n) is 4.62. The van der Waals surface area contributed by atoms with E-state index >= 15 is 0 Å². The van der Waals surface area contributed by atoms with Crippen molar-refractivity contribution in [1.82, 2.24) is 10.1 Å². The van der Waals surface area contributed by atoms with Crippen molar-refractivity contribution in [2.75, 3.05) is 6.61 Å². The minimum absolute atomic E-state index is 0.135. The number of aromatic nitrogens is 2. The van der Waals surface area contributed by atoms with Crippen molar-refractivity contribution in [3.05, 3.63) is 59.4 Å². The van der Waals surface area contributed by atoms with Gasteiger partial charge in [-0.2, -0.15) is 0 Å². The van der Waals surface area contributed by atoms with E-state index in [4.69, 9.17) is 26.0 Å². The Morgan fingerprint density at radius 3 is 2.64 bits per heavy atom. The lowest BCUT2D eigenvalue weighted by Crippen LogP contribution is -2.02. The van der Waals surface area contributed by atoms with Crippen LogP contribution in [0.4, 0.5) is 0 Å². The van der Waals surface area contributed by atoms with Gasteiger partial charge < -0.3 is 14.4 Å². The molecular weight excluding hydrogens is 304 g/mol. The van der Waals surface area contributed by atoms with E-state index in [1.54, 1.807) is 6.07 Å². The van der Waals surface area contributed by atoms with Gasteiger partial charge in [-0.05, 0) is 41.6 Å². The predicted molar refractivity (Wildman–Crippen MR) is 82.0 cm³/mol. The molecule has 0 saturated heterocycles. The molecule has 0 bridgehead atoms. The van der Waals surface area contributed by atoms with Crippen molar-refractivity contribution >= 4 is 11.6 Å². The fourth-order valence-electron chi connectivity index (χ4n) is 1.98. The minimum Gasteiger partial charge on any atom is -0.493 e. The van der Waals surface area contributed by atoms with E-state index in [9.17, 15) is 0 Å². The normalized spacial score (nSPS) is 10.6. The third-order valence-corrected chi connectivity index (χ3v) is 3.25. The van der Waals surface area contributed by atoms with Gasteiger partial charge in [0.2, 0.25) is 0 Å². The first kappa shape index (κ1) is 14.4. The lowest BCUT2D eigenvalue weighted by molar-refractivity contribution is 0.320. The summed E-state index contributed by atoms with van der Waals surface area (Å²) in [6.07, 6.45) is 0.679. The van der Waals surface area contributed by atoms with Crippen LogP contribution < -0.4 is 4.74 Å². The number of nitrogens with zero attached hydrogens (tertiary/aromatic N) is 2. The molecule has 0 saturated carbocycles. The van der Waals surface area contributed by atoms with Crippen molar-refractivity contribution in [3.63, 3.8) is 0 Å². The highest BCUT2D eigenvalue weighted by atomic mass is 35.5. The number of hydrogen-bond acceptors (Lipinski definition) is 5. The molecule has 3 rings (SSSR count). The number of halogens is 1. The Hall–Kier alpha value is -2.53. The number of hydrogen-bond donors (Lipinski definition) is 1. The average Bonchev–Trinajstić information content (AvgIpc) is 2.95. The maximum Gasteiger partial charge on any atom is 0.252 e. The minimum atomic E-state index is -0.135. The Bertz CT molecular complexity index is 756. The van der Waals surface area contributed by atoms with Gasteiger partial charge in [0.1, 0.15) is 10.9 Å². The van der Waals surface area contributed by atoms with Gasteiger partial charge in [-0.1, -0.05) is 17.7 Å². The van der Waals surface area contributed by atoms with E-state index in [0.29, 0.717) is 23.9 Å². The fraction of sp³-hybridized carbons (Fsp3) is 0.125. The lowest BCUT2D eigenvalue weighted by atomic mass is 10.2. The van der Waals surface area contributed by atoms with Gasteiger partial charge in [-0.3, -0.25) is 0 Å². The molecule has 0 unspecified atom stereocenters. The van der Waals surface area contributed by atoms with Crippen LogP contribution in [-0.4, -0.2) is 21.9 Å². The molecule has 0 amide bonds. The van der Waals surface area contributed by atoms with Crippen molar-refractivity contribution in [2.45, 2.75) is 6.42 Å². The molecule has 6 heteroatoms. The second kappa shape index (κ2) is 6.49. The molecule has 3 aromatic rings. The molecule has 0 aliphatic rings. The smallest absolute Gasteiger partial charge is 0.252 e. The fourth-order valence-corrected chi connectivity index (χ4v) is 2.16. The summed E-state index contributed by atoms with van der Waals surface area (Å²) in [6.45, 7) is 0.510. The van der Waals surface area contributed by atoms with Gasteiger partial charge in [0.25, 0.3) is 5.88 Å². The van der Waals surface area contributed by atoms with Crippen LogP contribution in [0.5, 0.6) is 11.6 Å². The lowest BCUT2D eigenvalue weighted by Gasteiger charge is -2.06. The van der Waals surface area contributed by atoms with Crippen molar-refractivity contribution in [3.8, 4) is 23.0 Å². The Kier molecular flexibility index (Phi) is 4.25. The van der Waals surface area contributed by atoms with Crippen LogP contribution >= 0.6 is 11.6 Å². The maximum atomic E-state index is 9.17. The van der Waals surface area contributed by atoms with Gasteiger partial charge in [-0.25, -0.2) is 4.98 Å². The van der Waals surface area contributed by atoms with Crippen LogP contribution in [0.3, 0.4) is 0 Å². The molecule has 0 fully saturated rings. The summed E-state index contributed by atoms with van der Waals surface area (Å²) in [5.41, 5.74) is 1.71. The standard InChI is InChI=1S/C16H13ClN2O3/c17-15-3-1-2-12(18-15)8-9-21-13-6-4-11(5-7-13)14-10-16(20)19-22-14/h1-7,10H,8-9H2,(H,19,20). The number of pyridine rings is 1. The number of aromatic hydroxyl groups is 1. The molecule has 2 aromatic heterocycles. The third-order valence-electron chi connectivity index (χ3n) is 3.04. The highest BCUT2D eigenvalue weighted by Gasteiger charge is 2.05. The summed E-state index contributed by atoms with van der Waals surface area (Å²) in [7, 11) is 0. The van der Waals surface area contributed by atoms with Crippen LogP contribution in [0, 0.1) is 0 Å². The van der Waals surface area contributed by atoms with Crippen LogP contribution in [0.1, 0.15) is 5.69 Å². The summed E-state index contributed by atoms with van der Waals surface area (Å²) in [4.78, 5) is 4.20. The molecule has 0 atom stereocenters. The zero-order chi connectivity index (χ0) is 15.4. The Labute approximate surface area is 132 Å². The van der Waals surface area contributed by atoms with E-state index in [1.165, 1.54) is 6.07 Å². The molecule has 22 heavy (non-hydrogen) atoms. The zero-order valence-electron chi connectivity index (χ0n) is 11.6. The average molecular weight is 317 g/mol. The summed E-state index contributed by atoms with van der Waals surface area (Å²) < 4.78 is 10.6. The Morgan fingerprint density at radius 1 is 1.14 bits per heavy atom. The van der Waals surface area contributed by atoms with E-state index in [-0.39, 0.29) is 5.88 Å². The number of benzene rings is 1. The Balaban J connectivity index is 1.57. The summed E-state index contributed by atoms with van der Waals surface area (Å²) in [6, 6.07) is 14.3. The first-order valence-electron chi connectivity index (χ1n) is 6.71. The first-order valence-corrected chi connectivity index (χ1v) is 7.09. The number of ether oxygens (including phenoxy) is 1. The molecule has 0 aliphatic carbocycles. The molecular formula is C16H13ClN2O3. The molecule has 5 nitrogen and oxygen atoms in total. The first-order chi connectivity index (χ1) is 10.7. The molecule has 0 radical (unpaired) electrons. The van der Waals surface area contributed by atoms with Gasteiger partial charge >= 0.3 is 0 Å². The summed E-state index contributed by atoms with van der Waals surface area (Å²) in [5, 5.41) is 13.1. The van der Waals surface area contributed by atoms with Crippen molar-refractivity contribution in [1.29, 1.82) is 0 Å². The molecule has 2 heterocycles. The molecule has 0 aliphatic heterocycles. The molecule has 1 N–H and O–H groups in total. The largest absolute Gasteiger partial charge is 0.493 e. The Morgan fingerprint density at radius 2 is 1.95 bits per heavy atom. The number of rotatable bonds is 5. The third kappa shape index (κ3) is 3.56. The van der Waals surface area contributed by atoms with E-state index < -0.39 is 0 Å². The van der Waals surface area contributed by atoms with Crippen LogP contribution in [0.15, 0.2) is 53.1 Å². The SMILES string of the molecule is Oc1cc(-c2ccc(OCCc3cccc(Cl)n3)cc2)on1. The van der Waals surface area contributed by atoms with Gasteiger partial charge in [0.05, 0.1) is 6.61 Å². The van der Waals surface area contributed by atoms with Gasteiger partial charge in [0.15, 0.2) is 5.76 Å². The summed E-state index contributed by atoms with van der Waals surface area (Å²) in [5.74, 6) is 1.12. The predicted octanol–water partition coefficient (Wildman–Crippen LogP) is 3.72. The van der Waals surface area contributed by atoms with Gasteiger partial charge in [0, 0.05) is 23.7 Å². The van der Waals surface area contributed by atoms with Crippen LogP contribution in [-0.2, 0) is 6.42 Å². The zero-order valence-corrected chi connectivity index (χ0v) is 12.3. The van der Waals surface area contributed by atoms with Crippen LogP contribution in [0.2, 0.25) is 5.15 Å². The van der Waals surface area contributed by atoms with E-state index in [1.807, 2.05) is 36.4 Å². The van der Waals surface area contributed by atoms with E-state index in [0.717, 1.165) is 17.0 Å². The van der Waals surface area contributed by atoms with Crippen LogP contribution in [0.25, 0.3) is 11.3 Å². The van der Waals surface area contributed by atoms with Crippen molar-refractivity contribution in [2.24, 2.45) is 0 Å². The molecule has 1 aromatic carbocycles. The highest BCUT2D eigenvalue weighted by Crippen LogP contribution is 2.25. The summed E-state index contributed by atoms with van der Waals surface area (Å²) >= 11 is 5.83. The van der Waals surface area contributed by atoms with Crippen molar-refractivity contribution < 1.29 is 14.4 Å². The molecule has 0 spiro atoms. The van der Waals surface area contributed by atoms with Gasteiger partial charge in [-0.15, -0.1) is 0 Å². The quantitative estimate of drug-likeness (QED) is 0.727.